The van der Waals surface area contributed by atoms with Gasteiger partial charge in [-0.15, -0.1) is 11.3 Å². The molecular formula is C24H34N2O3S. The maximum atomic E-state index is 13.5. The number of aromatic nitrogens is 1. The van der Waals surface area contributed by atoms with Crippen LogP contribution in [0, 0.1) is 28.6 Å². The second-order valence-electron chi connectivity index (χ2n) is 10.9. The van der Waals surface area contributed by atoms with Crippen LogP contribution in [-0.2, 0) is 16.6 Å². The molecule has 7 unspecified atom stereocenters. The van der Waals surface area contributed by atoms with Crippen LogP contribution < -0.4 is 5.32 Å². The van der Waals surface area contributed by atoms with Crippen LogP contribution in [0.5, 0.6) is 0 Å². The minimum Gasteiger partial charge on any atom is -0.392 e. The van der Waals surface area contributed by atoms with E-state index in [1.807, 2.05) is 0 Å². The number of aliphatic hydroxyl groups is 2. The van der Waals surface area contributed by atoms with Crippen LogP contribution in [0.15, 0.2) is 12.2 Å². The number of fused-ring (bicyclic) bond motifs is 4. The van der Waals surface area contributed by atoms with E-state index in [0.29, 0.717) is 12.0 Å². The third-order valence-corrected chi connectivity index (χ3v) is 10.2. The molecule has 3 N–H and O–H groups in total. The number of thiazole rings is 1. The molecule has 3 saturated carbocycles. The Balaban J connectivity index is 1.63. The van der Waals surface area contributed by atoms with E-state index < -0.39 is 17.6 Å². The van der Waals surface area contributed by atoms with Crippen molar-refractivity contribution in [2.24, 2.45) is 28.6 Å². The van der Waals surface area contributed by atoms with Gasteiger partial charge < -0.3 is 15.5 Å². The Morgan fingerprint density at radius 3 is 2.67 bits per heavy atom. The summed E-state index contributed by atoms with van der Waals surface area (Å²) in [6, 6.07) is 0. The minimum absolute atomic E-state index is 0.0432. The summed E-state index contributed by atoms with van der Waals surface area (Å²) in [7, 11) is 0. The number of carbonyl (C=O) groups is 1. The van der Waals surface area contributed by atoms with Gasteiger partial charge in [-0.05, 0) is 54.9 Å². The lowest BCUT2D eigenvalue weighted by molar-refractivity contribution is -0.212. The van der Waals surface area contributed by atoms with Crippen molar-refractivity contribution in [3.05, 3.63) is 22.7 Å². The summed E-state index contributed by atoms with van der Waals surface area (Å²) in [5, 5.41) is 27.1. The maximum absolute atomic E-state index is 13.5. The molecular weight excluding hydrogens is 396 g/mol. The number of anilines is 1. The number of ketones is 1. The summed E-state index contributed by atoms with van der Waals surface area (Å²) in [4.78, 5) is 19.7. The molecule has 164 valence electrons. The number of nitrogens with one attached hydrogen (secondary N) is 1. The molecule has 0 aliphatic heterocycles. The lowest BCUT2D eigenvalue weighted by Crippen LogP contribution is -2.68. The molecule has 3 fully saturated rings. The smallest absolute Gasteiger partial charge is 0.183 e. The van der Waals surface area contributed by atoms with Gasteiger partial charge in [0, 0.05) is 22.8 Å². The van der Waals surface area contributed by atoms with E-state index in [0.717, 1.165) is 43.1 Å². The van der Waals surface area contributed by atoms with Crippen LogP contribution in [0.2, 0.25) is 0 Å². The fourth-order valence-electron chi connectivity index (χ4n) is 7.93. The Bertz CT molecular complexity index is 924. The van der Waals surface area contributed by atoms with Gasteiger partial charge in [0.1, 0.15) is 0 Å². The Kier molecular flexibility index (Phi) is 4.40. The van der Waals surface area contributed by atoms with E-state index in [4.69, 9.17) is 4.98 Å². The molecule has 0 radical (unpaired) electrons. The van der Waals surface area contributed by atoms with Crippen molar-refractivity contribution in [2.45, 2.75) is 77.4 Å². The molecule has 2 bridgehead atoms. The lowest BCUT2D eigenvalue weighted by atomic mass is 9.40. The van der Waals surface area contributed by atoms with Crippen molar-refractivity contribution >= 4 is 22.3 Å². The number of hydrogen-bond donors (Lipinski definition) is 3. The van der Waals surface area contributed by atoms with Gasteiger partial charge in [0.25, 0.3) is 0 Å². The van der Waals surface area contributed by atoms with Gasteiger partial charge in [-0.3, -0.25) is 4.79 Å². The average Bonchev–Trinajstić information content (AvgIpc) is 3.13. The fraction of sp³-hybridized carbons (Fsp3) is 0.750. The Labute approximate surface area is 183 Å². The van der Waals surface area contributed by atoms with E-state index in [9.17, 15) is 15.0 Å². The topological polar surface area (TPSA) is 82.5 Å². The second-order valence-corrected chi connectivity index (χ2v) is 12.0. The maximum Gasteiger partial charge on any atom is 0.183 e. The predicted molar refractivity (Wildman–Crippen MR) is 119 cm³/mol. The zero-order chi connectivity index (χ0) is 21.6. The molecule has 5 nitrogen and oxygen atoms in total. The summed E-state index contributed by atoms with van der Waals surface area (Å²) >= 11 is 1.74. The molecule has 0 aromatic carbocycles. The lowest BCUT2D eigenvalue weighted by Gasteiger charge is -2.64. The number of carbonyl (C=O) groups excluding carboxylic acids is 1. The van der Waals surface area contributed by atoms with Crippen molar-refractivity contribution in [2.75, 3.05) is 11.9 Å². The van der Waals surface area contributed by atoms with E-state index in [1.165, 1.54) is 4.88 Å². The SMILES string of the molecule is C=C1C(=O)C23C(O)CC4C(C)(C)c5nc(NCCC)sc5CC4(C)C2CCC1C3O. The normalized spacial score (nSPS) is 43.7. The monoisotopic (exact) mass is 430 g/mol. The molecule has 4 aliphatic carbocycles. The summed E-state index contributed by atoms with van der Waals surface area (Å²) in [5.41, 5.74) is 0.232. The summed E-state index contributed by atoms with van der Waals surface area (Å²) < 4.78 is 0. The summed E-state index contributed by atoms with van der Waals surface area (Å²) in [6.45, 7) is 13.9. The first-order chi connectivity index (χ1) is 14.1. The molecule has 1 aromatic heterocycles. The Hall–Kier alpha value is -1.24. The van der Waals surface area contributed by atoms with Crippen LogP contribution in [0.1, 0.15) is 63.9 Å². The minimum atomic E-state index is -1.08. The van der Waals surface area contributed by atoms with Crippen LogP contribution >= 0.6 is 11.3 Å². The fourth-order valence-corrected chi connectivity index (χ4v) is 9.26. The number of aliphatic hydroxyl groups excluding tert-OH is 2. The molecule has 30 heavy (non-hydrogen) atoms. The van der Waals surface area contributed by atoms with E-state index >= 15 is 0 Å². The summed E-state index contributed by atoms with van der Waals surface area (Å²) in [5.74, 6) is -0.107. The van der Waals surface area contributed by atoms with Crippen molar-refractivity contribution < 1.29 is 15.0 Å². The second kappa shape index (κ2) is 6.39. The van der Waals surface area contributed by atoms with Crippen molar-refractivity contribution in [1.82, 2.24) is 4.98 Å². The highest BCUT2D eigenvalue weighted by Gasteiger charge is 2.74. The average molecular weight is 431 g/mol. The van der Waals surface area contributed by atoms with Crippen LogP contribution in [0.4, 0.5) is 5.13 Å². The first-order valence-corrected chi connectivity index (χ1v) is 12.3. The van der Waals surface area contributed by atoms with Gasteiger partial charge in [0.2, 0.25) is 0 Å². The van der Waals surface area contributed by atoms with Gasteiger partial charge in [0.05, 0.1) is 23.3 Å². The van der Waals surface area contributed by atoms with Gasteiger partial charge in [-0.25, -0.2) is 4.98 Å². The molecule has 0 amide bonds. The van der Waals surface area contributed by atoms with E-state index in [-0.39, 0.29) is 34.4 Å². The third kappa shape index (κ3) is 2.25. The van der Waals surface area contributed by atoms with Gasteiger partial charge in [-0.1, -0.05) is 34.3 Å². The number of Topliss-reactive ketones (excluding diaryl/α,β-unsaturated/α-hetero) is 1. The first-order valence-electron chi connectivity index (χ1n) is 11.4. The van der Waals surface area contributed by atoms with Crippen LogP contribution in [-0.4, -0.2) is 39.7 Å². The highest BCUT2D eigenvalue weighted by atomic mass is 32.1. The number of nitrogens with zero attached hydrogens (tertiary/aromatic N) is 1. The standard InChI is InChI=1S/C24H34N2O3S/c1-6-9-25-21-26-18-14(30-21)11-23(5)15-8-7-13-12(2)19(28)24(15,20(13)29)17(27)10-16(23)22(18,3)4/h13,15-17,20,27,29H,2,6-11H2,1,3-5H3,(H,25,26). The number of rotatable bonds is 3. The zero-order valence-electron chi connectivity index (χ0n) is 18.5. The molecule has 1 aromatic rings. The Morgan fingerprint density at radius 1 is 1.23 bits per heavy atom. The molecule has 5 rings (SSSR count). The molecule has 7 atom stereocenters. The number of hydrogen-bond acceptors (Lipinski definition) is 6. The van der Waals surface area contributed by atoms with E-state index in [1.54, 1.807) is 11.3 Å². The van der Waals surface area contributed by atoms with Crippen molar-refractivity contribution in [3.8, 4) is 0 Å². The van der Waals surface area contributed by atoms with Gasteiger partial charge in [-0.2, -0.15) is 0 Å². The largest absolute Gasteiger partial charge is 0.392 e. The van der Waals surface area contributed by atoms with Gasteiger partial charge in [0.15, 0.2) is 10.9 Å². The molecule has 6 heteroatoms. The highest BCUT2D eigenvalue weighted by Crippen LogP contribution is 2.70. The van der Waals surface area contributed by atoms with Crippen molar-refractivity contribution in [1.29, 1.82) is 0 Å². The highest BCUT2D eigenvalue weighted by molar-refractivity contribution is 7.15. The van der Waals surface area contributed by atoms with Crippen molar-refractivity contribution in [3.63, 3.8) is 0 Å². The molecule has 4 aliphatic rings. The van der Waals surface area contributed by atoms with Gasteiger partial charge >= 0.3 is 0 Å². The van der Waals surface area contributed by atoms with Crippen LogP contribution in [0.25, 0.3) is 0 Å². The predicted octanol–water partition coefficient (Wildman–Crippen LogP) is 3.70. The van der Waals surface area contributed by atoms with E-state index in [2.05, 4.69) is 39.6 Å². The molecule has 0 saturated heterocycles. The molecule has 1 heterocycles. The summed E-state index contributed by atoms with van der Waals surface area (Å²) in [6.07, 6.45) is 2.44. The van der Waals surface area contributed by atoms with Crippen LogP contribution in [0.3, 0.4) is 0 Å². The first kappa shape index (κ1) is 20.7. The third-order valence-electron chi connectivity index (χ3n) is 9.19. The Morgan fingerprint density at radius 2 is 1.97 bits per heavy atom. The molecule has 1 spiro atoms. The zero-order valence-corrected chi connectivity index (χ0v) is 19.3. The quantitative estimate of drug-likeness (QED) is 0.637.